The molecule has 0 aromatic heterocycles. The molecule has 0 bridgehead atoms. The summed E-state index contributed by atoms with van der Waals surface area (Å²) in [7, 11) is 1.56. The van der Waals surface area contributed by atoms with Crippen molar-refractivity contribution in [2.45, 2.75) is 13.8 Å². The van der Waals surface area contributed by atoms with Gasteiger partial charge in [-0.1, -0.05) is 19.9 Å². The lowest BCUT2D eigenvalue weighted by molar-refractivity contribution is -0.400. The van der Waals surface area contributed by atoms with Gasteiger partial charge in [0.2, 0.25) is 6.20 Å². The van der Waals surface area contributed by atoms with Gasteiger partial charge in [0.25, 0.3) is 0 Å². The normalized spacial score (nSPS) is 10.9. The highest BCUT2D eigenvalue weighted by Gasteiger charge is 2.06. The quantitative estimate of drug-likeness (QED) is 0.576. The zero-order valence-corrected chi connectivity index (χ0v) is 10.8. The van der Waals surface area contributed by atoms with Gasteiger partial charge >= 0.3 is 0 Å². The van der Waals surface area contributed by atoms with Gasteiger partial charge in [-0.25, -0.2) is 0 Å². The van der Waals surface area contributed by atoms with Crippen LogP contribution in [-0.4, -0.2) is 18.6 Å². The van der Waals surface area contributed by atoms with Crippen LogP contribution < -0.4 is 9.47 Å². The molecule has 1 aromatic carbocycles. The molecule has 1 aromatic rings. The fourth-order valence-corrected chi connectivity index (χ4v) is 1.31. The zero-order chi connectivity index (χ0) is 13.5. The third-order valence-electron chi connectivity index (χ3n) is 2.15. The summed E-state index contributed by atoms with van der Waals surface area (Å²) >= 11 is 0. The van der Waals surface area contributed by atoms with Gasteiger partial charge in [-0.2, -0.15) is 0 Å². The summed E-state index contributed by atoms with van der Waals surface area (Å²) < 4.78 is 10.8. The number of nitro groups is 1. The number of hydrogen-bond donors (Lipinski definition) is 0. The van der Waals surface area contributed by atoms with E-state index in [2.05, 4.69) is 0 Å². The third kappa shape index (κ3) is 4.45. The molecule has 98 valence electrons. The minimum absolute atomic E-state index is 0.396. The molecular formula is C13H17NO4. The van der Waals surface area contributed by atoms with Crippen molar-refractivity contribution in [1.82, 2.24) is 0 Å². The predicted molar refractivity (Wildman–Crippen MR) is 69.4 cm³/mol. The van der Waals surface area contributed by atoms with E-state index < -0.39 is 4.92 Å². The summed E-state index contributed by atoms with van der Waals surface area (Å²) in [5.41, 5.74) is 0.700. The van der Waals surface area contributed by atoms with Crippen LogP contribution in [0.25, 0.3) is 6.08 Å². The molecule has 0 saturated heterocycles. The molecule has 0 aliphatic heterocycles. The number of nitrogens with zero attached hydrogens (tertiary/aromatic N) is 1. The lowest BCUT2D eigenvalue weighted by atomic mass is 10.2. The molecule has 1 rings (SSSR count). The van der Waals surface area contributed by atoms with Gasteiger partial charge < -0.3 is 9.47 Å². The fourth-order valence-electron chi connectivity index (χ4n) is 1.31. The average molecular weight is 251 g/mol. The molecule has 0 fully saturated rings. The monoisotopic (exact) mass is 251 g/mol. The molecule has 0 saturated carbocycles. The van der Waals surface area contributed by atoms with Gasteiger partial charge in [-0.15, -0.1) is 0 Å². The van der Waals surface area contributed by atoms with Crippen molar-refractivity contribution in [3.8, 4) is 11.5 Å². The minimum atomic E-state index is -0.501. The molecule has 0 atom stereocenters. The Kier molecular flexibility index (Phi) is 5.17. The second-order valence-electron chi connectivity index (χ2n) is 4.22. The van der Waals surface area contributed by atoms with E-state index in [1.54, 1.807) is 25.3 Å². The number of ether oxygens (including phenoxy) is 2. The molecule has 0 heterocycles. The Balaban J connectivity index is 2.90. The number of hydrogen-bond acceptors (Lipinski definition) is 4. The molecule has 0 aliphatic rings. The molecule has 18 heavy (non-hydrogen) atoms. The fraction of sp³-hybridized carbons (Fsp3) is 0.385. The lowest BCUT2D eigenvalue weighted by Crippen LogP contribution is -2.05. The van der Waals surface area contributed by atoms with Crippen LogP contribution in [0.2, 0.25) is 0 Å². The molecular weight excluding hydrogens is 234 g/mol. The van der Waals surface area contributed by atoms with Gasteiger partial charge in [0, 0.05) is 6.08 Å². The number of methoxy groups -OCH3 is 1. The van der Waals surface area contributed by atoms with E-state index >= 15 is 0 Å². The van der Waals surface area contributed by atoms with Crippen LogP contribution in [0.15, 0.2) is 24.4 Å². The first-order chi connectivity index (χ1) is 8.52. The zero-order valence-electron chi connectivity index (χ0n) is 10.8. The van der Waals surface area contributed by atoms with Crippen molar-refractivity contribution < 1.29 is 14.4 Å². The Morgan fingerprint density at radius 2 is 2.11 bits per heavy atom. The largest absolute Gasteiger partial charge is 0.493 e. The molecule has 0 radical (unpaired) electrons. The van der Waals surface area contributed by atoms with Crippen LogP contribution in [0.3, 0.4) is 0 Å². The second-order valence-corrected chi connectivity index (χ2v) is 4.22. The first kappa shape index (κ1) is 14.0. The van der Waals surface area contributed by atoms with E-state index in [1.807, 2.05) is 13.8 Å². The van der Waals surface area contributed by atoms with Crippen LogP contribution in [0, 0.1) is 16.0 Å². The van der Waals surface area contributed by atoms with Crippen LogP contribution in [0.4, 0.5) is 0 Å². The van der Waals surface area contributed by atoms with E-state index in [0.29, 0.717) is 29.6 Å². The van der Waals surface area contributed by atoms with Crippen molar-refractivity contribution >= 4 is 6.08 Å². The van der Waals surface area contributed by atoms with Crippen molar-refractivity contribution in [3.05, 3.63) is 40.1 Å². The number of benzene rings is 1. The van der Waals surface area contributed by atoms with Gasteiger partial charge in [-0.3, -0.25) is 10.1 Å². The van der Waals surface area contributed by atoms with Crippen LogP contribution in [0.1, 0.15) is 19.4 Å². The summed E-state index contributed by atoms with van der Waals surface area (Å²) in [6.45, 7) is 4.66. The molecule has 5 heteroatoms. The smallest absolute Gasteiger partial charge is 0.235 e. The highest BCUT2D eigenvalue weighted by atomic mass is 16.6. The van der Waals surface area contributed by atoms with Crippen LogP contribution in [-0.2, 0) is 0 Å². The van der Waals surface area contributed by atoms with E-state index in [9.17, 15) is 10.1 Å². The predicted octanol–water partition coefficient (Wildman–Crippen LogP) is 2.98. The average Bonchev–Trinajstić information content (AvgIpc) is 2.33. The van der Waals surface area contributed by atoms with E-state index in [1.165, 1.54) is 6.08 Å². The summed E-state index contributed by atoms with van der Waals surface area (Å²) in [5, 5.41) is 10.3. The Hall–Kier alpha value is -2.04. The standard InChI is InChI=1S/C13H17NO4/c1-10(2)9-18-13-8-11(6-7-14(15)16)4-5-12(13)17-3/h4-8,10H,9H2,1-3H3/b7-6+. The summed E-state index contributed by atoms with van der Waals surface area (Å²) in [6, 6.07) is 5.19. The maximum atomic E-state index is 10.3. The molecule has 0 N–H and O–H groups in total. The maximum Gasteiger partial charge on any atom is 0.235 e. The summed E-state index contributed by atoms with van der Waals surface area (Å²) in [4.78, 5) is 9.76. The van der Waals surface area contributed by atoms with Crippen molar-refractivity contribution in [2.24, 2.45) is 5.92 Å². The Bertz CT molecular complexity index is 441. The first-order valence-electron chi connectivity index (χ1n) is 5.65. The molecule has 5 nitrogen and oxygen atoms in total. The summed E-state index contributed by atoms with van der Waals surface area (Å²) in [5.74, 6) is 1.61. The lowest BCUT2D eigenvalue weighted by Gasteiger charge is -2.12. The molecule has 0 unspecified atom stereocenters. The second kappa shape index (κ2) is 6.64. The van der Waals surface area contributed by atoms with Gasteiger partial charge in [0.05, 0.1) is 18.6 Å². The van der Waals surface area contributed by atoms with Gasteiger partial charge in [-0.05, 0) is 23.6 Å². The van der Waals surface area contributed by atoms with Gasteiger partial charge in [0.1, 0.15) is 0 Å². The van der Waals surface area contributed by atoms with Crippen molar-refractivity contribution in [2.75, 3.05) is 13.7 Å². The van der Waals surface area contributed by atoms with E-state index in [4.69, 9.17) is 9.47 Å². The highest BCUT2D eigenvalue weighted by molar-refractivity contribution is 5.55. The first-order valence-corrected chi connectivity index (χ1v) is 5.65. The number of rotatable bonds is 6. The molecule has 0 amide bonds. The van der Waals surface area contributed by atoms with Gasteiger partial charge in [0.15, 0.2) is 11.5 Å². The maximum absolute atomic E-state index is 10.3. The van der Waals surface area contributed by atoms with Crippen LogP contribution >= 0.6 is 0 Å². The van der Waals surface area contributed by atoms with Crippen molar-refractivity contribution in [1.29, 1.82) is 0 Å². The third-order valence-corrected chi connectivity index (χ3v) is 2.15. The highest BCUT2D eigenvalue weighted by Crippen LogP contribution is 2.28. The molecule has 0 aliphatic carbocycles. The Morgan fingerprint density at radius 3 is 2.67 bits per heavy atom. The van der Waals surface area contributed by atoms with Crippen molar-refractivity contribution in [3.63, 3.8) is 0 Å². The van der Waals surface area contributed by atoms with E-state index in [0.717, 1.165) is 6.20 Å². The minimum Gasteiger partial charge on any atom is -0.493 e. The molecule has 0 spiro atoms. The van der Waals surface area contributed by atoms with Crippen LogP contribution in [0.5, 0.6) is 11.5 Å². The SMILES string of the molecule is COc1ccc(/C=C/[N+](=O)[O-])cc1OCC(C)C. The Labute approximate surface area is 106 Å². The van der Waals surface area contributed by atoms with E-state index in [-0.39, 0.29) is 0 Å². The summed E-state index contributed by atoms with van der Waals surface area (Å²) in [6.07, 6.45) is 2.32. The Morgan fingerprint density at radius 1 is 1.39 bits per heavy atom. The topological polar surface area (TPSA) is 61.6 Å².